The van der Waals surface area contributed by atoms with Crippen LogP contribution >= 0.6 is 0 Å². The van der Waals surface area contributed by atoms with Crippen molar-refractivity contribution in [2.45, 2.75) is 63.6 Å². The highest BCUT2D eigenvalue weighted by molar-refractivity contribution is 5.82. The molecule has 0 unspecified atom stereocenters. The van der Waals surface area contributed by atoms with Gasteiger partial charge in [-0.15, -0.1) is 0 Å². The first kappa shape index (κ1) is 21.2. The van der Waals surface area contributed by atoms with E-state index in [1.54, 1.807) is 4.90 Å². The maximum Gasteiger partial charge on any atom is 0.410 e. The number of hydrogen-bond acceptors (Lipinski definition) is 4. The van der Waals surface area contributed by atoms with Crippen LogP contribution in [-0.2, 0) is 20.9 Å². The summed E-state index contributed by atoms with van der Waals surface area (Å²) >= 11 is 0. The Morgan fingerprint density at radius 1 is 1.00 bits per heavy atom. The van der Waals surface area contributed by atoms with Gasteiger partial charge >= 0.3 is 12.1 Å². The van der Waals surface area contributed by atoms with E-state index in [-0.39, 0.29) is 12.6 Å². The molecule has 3 aliphatic heterocycles. The van der Waals surface area contributed by atoms with Crippen LogP contribution in [0.15, 0.2) is 30.3 Å². The van der Waals surface area contributed by atoms with Gasteiger partial charge < -0.3 is 14.0 Å². The lowest BCUT2D eigenvalue weighted by Crippen LogP contribution is -2.61. The summed E-state index contributed by atoms with van der Waals surface area (Å²) in [6.45, 7) is 3.75. The molecule has 1 amide bonds. The molecule has 3 heterocycles. The molecule has 1 aromatic carbocycles. The molecule has 0 bridgehead atoms. The molecule has 0 saturated carbocycles. The van der Waals surface area contributed by atoms with Crippen molar-refractivity contribution >= 4 is 12.1 Å². The maximum atomic E-state index is 12.8. The third-order valence-corrected chi connectivity index (χ3v) is 7.41. The Morgan fingerprint density at radius 3 is 2.63 bits per heavy atom. The summed E-state index contributed by atoms with van der Waals surface area (Å²) < 4.78 is 12.4. The molecule has 30 heavy (non-hydrogen) atoms. The molecule has 1 aromatic rings. The van der Waals surface area contributed by atoms with Gasteiger partial charge in [-0.25, -0.2) is 9.59 Å². The molecular formula is C24H35N2O4+. The quantitative estimate of drug-likeness (QED) is 0.543. The fraction of sp³-hybridized carbons (Fsp3) is 0.667. The Kier molecular flexibility index (Phi) is 6.61. The number of ether oxygens (including phenoxy) is 2. The highest BCUT2D eigenvalue weighted by Crippen LogP contribution is 2.36. The molecule has 3 fully saturated rings. The summed E-state index contributed by atoms with van der Waals surface area (Å²) in [6.07, 6.45) is 7.21. The van der Waals surface area contributed by atoms with Crippen molar-refractivity contribution in [3.63, 3.8) is 0 Å². The second kappa shape index (κ2) is 9.38. The lowest BCUT2D eigenvalue weighted by atomic mass is 9.82. The summed E-state index contributed by atoms with van der Waals surface area (Å²) in [6, 6.07) is 9.70. The number of amides is 1. The van der Waals surface area contributed by atoms with E-state index in [0.717, 1.165) is 22.9 Å². The van der Waals surface area contributed by atoms with Crippen LogP contribution in [-0.4, -0.2) is 66.8 Å². The number of piperidine rings is 2. The molecule has 0 radical (unpaired) electrons. The molecule has 6 nitrogen and oxygen atoms in total. The van der Waals surface area contributed by atoms with Crippen LogP contribution in [0.1, 0.15) is 50.5 Å². The number of hydrogen-bond donors (Lipinski definition) is 0. The maximum absolute atomic E-state index is 12.8. The smallest absolute Gasteiger partial charge is 0.410 e. The van der Waals surface area contributed by atoms with Crippen molar-refractivity contribution in [3.8, 4) is 0 Å². The molecule has 0 aliphatic carbocycles. The second-order valence-electron chi connectivity index (χ2n) is 9.41. The number of nitrogens with zero attached hydrogens (tertiary/aromatic N) is 2. The molecule has 4 rings (SSSR count). The molecule has 0 spiro atoms. The highest BCUT2D eigenvalue weighted by atomic mass is 16.6. The fourth-order valence-corrected chi connectivity index (χ4v) is 5.75. The van der Waals surface area contributed by atoms with E-state index in [2.05, 4.69) is 7.05 Å². The summed E-state index contributed by atoms with van der Waals surface area (Å²) in [5.41, 5.74) is 0.940. The van der Waals surface area contributed by atoms with Gasteiger partial charge in [-0.3, -0.25) is 4.90 Å². The highest BCUT2D eigenvalue weighted by Gasteiger charge is 2.44. The molecule has 0 aromatic heterocycles. The van der Waals surface area contributed by atoms with Crippen LogP contribution in [0.2, 0.25) is 0 Å². The Morgan fingerprint density at radius 2 is 1.80 bits per heavy atom. The standard InChI is InChI=1S/C24H35N2O4/c1-26-15-6-5-13-22(26)20(11-8-16-26)18-29-23(27)21-12-7-14-25(21)24(28)30-17-19-9-3-2-4-10-19/h2-4,9-10,20-22H,5-8,11-18H2,1H3/q+1/t20-,21-,22+,26+/m1/s1. The molecule has 0 N–H and O–H groups in total. The minimum atomic E-state index is -0.510. The summed E-state index contributed by atoms with van der Waals surface area (Å²) in [4.78, 5) is 27.0. The van der Waals surface area contributed by atoms with Crippen molar-refractivity contribution in [1.82, 2.24) is 4.90 Å². The van der Waals surface area contributed by atoms with E-state index in [0.29, 0.717) is 31.5 Å². The van der Waals surface area contributed by atoms with E-state index in [1.807, 2.05) is 30.3 Å². The largest absolute Gasteiger partial charge is 0.464 e. The third-order valence-electron chi connectivity index (χ3n) is 7.41. The number of esters is 1. The average Bonchev–Trinajstić information content (AvgIpc) is 3.26. The monoisotopic (exact) mass is 415 g/mol. The van der Waals surface area contributed by atoms with Gasteiger partial charge in [0.15, 0.2) is 0 Å². The first-order valence-corrected chi connectivity index (χ1v) is 11.5. The zero-order valence-electron chi connectivity index (χ0n) is 18.1. The number of carbonyl (C=O) groups excluding carboxylic acids is 2. The van der Waals surface area contributed by atoms with Gasteiger partial charge in [-0.05, 0) is 44.1 Å². The SMILES string of the molecule is C[N@@+]12CCCC[C@H]1[C@@H](COC(=O)[C@H]1CCCN1C(=O)OCc1ccccc1)CCC2. The Labute approximate surface area is 179 Å². The number of quaternary nitrogens is 1. The molecule has 3 aliphatic rings. The van der Waals surface area contributed by atoms with E-state index in [4.69, 9.17) is 9.47 Å². The number of fused-ring (bicyclic) bond motifs is 1. The minimum Gasteiger partial charge on any atom is -0.464 e. The van der Waals surface area contributed by atoms with Crippen LogP contribution in [0.5, 0.6) is 0 Å². The number of rotatable bonds is 5. The van der Waals surface area contributed by atoms with Crippen molar-refractivity contribution in [1.29, 1.82) is 0 Å². The summed E-state index contributed by atoms with van der Waals surface area (Å²) in [5.74, 6) is 0.174. The Balaban J connectivity index is 1.29. The first-order valence-electron chi connectivity index (χ1n) is 11.5. The van der Waals surface area contributed by atoms with Gasteiger partial charge in [0.2, 0.25) is 0 Å². The second-order valence-corrected chi connectivity index (χ2v) is 9.41. The molecule has 3 saturated heterocycles. The fourth-order valence-electron chi connectivity index (χ4n) is 5.75. The number of benzene rings is 1. The van der Waals surface area contributed by atoms with Gasteiger partial charge in [0.25, 0.3) is 0 Å². The first-order chi connectivity index (χ1) is 14.6. The normalized spacial score (nSPS) is 31.1. The number of carbonyl (C=O) groups is 2. The van der Waals surface area contributed by atoms with Crippen LogP contribution in [0.4, 0.5) is 4.79 Å². The Bertz CT molecular complexity index is 736. The van der Waals surface area contributed by atoms with Crippen molar-refractivity contribution in [2.24, 2.45) is 5.92 Å². The number of likely N-dealkylation sites (tertiary alicyclic amines) is 1. The molecular weight excluding hydrogens is 380 g/mol. The predicted molar refractivity (Wildman–Crippen MR) is 114 cm³/mol. The van der Waals surface area contributed by atoms with E-state index in [9.17, 15) is 9.59 Å². The minimum absolute atomic E-state index is 0.220. The van der Waals surface area contributed by atoms with Crippen LogP contribution < -0.4 is 0 Å². The summed E-state index contributed by atoms with van der Waals surface area (Å²) in [7, 11) is 2.37. The van der Waals surface area contributed by atoms with Crippen LogP contribution in [0.25, 0.3) is 0 Å². The van der Waals surface area contributed by atoms with Gasteiger partial charge in [-0.1, -0.05) is 30.3 Å². The topological polar surface area (TPSA) is 55.8 Å². The zero-order chi connectivity index (χ0) is 21.0. The van der Waals surface area contributed by atoms with Gasteiger partial charge in [0, 0.05) is 18.9 Å². The van der Waals surface area contributed by atoms with Crippen molar-refractivity contribution < 1.29 is 23.5 Å². The van der Waals surface area contributed by atoms with Gasteiger partial charge in [-0.2, -0.15) is 0 Å². The summed E-state index contributed by atoms with van der Waals surface area (Å²) in [5, 5.41) is 0. The van der Waals surface area contributed by atoms with Crippen LogP contribution in [0.3, 0.4) is 0 Å². The van der Waals surface area contributed by atoms with E-state index in [1.165, 1.54) is 38.8 Å². The van der Waals surface area contributed by atoms with E-state index < -0.39 is 12.1 Å². The lowest BCUT2D eigenvalue weighted by Gasteiger charge is -2.51. The average molecular weight is 416 g/mol. The Hall–Kier alpha value is -2.08. The molecule has 4 atom stereocenters. The molecule has 164 valence electrons. The van der Waals surface area contributed by atoms with Gasteiger partial charge in [0.1, 0.15) is 12.6 Å². The van der Waals surface area contributed by atoms with Gasteiger partial charge in [0.05, 0.1) is 32.8 Å². The third kappa shape index (κ3) is 4.64. The van der Waals surface area contributed by atoms with Crippen LogP contribution in [0, 0.1) is 5.92 Å². The predicted octanol–water partition coefficient (Wildman–Crippen LogP) is 3.74. The van der Waals surface area contributed by atoms with E-state index >= 15 is 0 Å². The molecule has 6 heteroatoms. The lowest BCUT2D eigenvalue weighted by molar-refractivity contribution is -0.947. The van der Waals surface area contributed by atoms with Crippen molar-refractivity contribution in [2.75, 3.05) is 33.3 Å². The zero-order valence-corrected chi connectivity index (χ0v) is 18.1. The van der Waals surface area contributed by atoms with Crippen molar-refractivity contribution in [3.05, 3.63) is 35.9 Å².